The number of hydrogen-bond acceptors (Lipinski definition) is 7. The van der Waals surface area contributed by atoms with Crippen LogP contribution in [-0.4, -0.2) is 91.2 Å². The number of benzene rings is 3. The largest absolute Gasteiger partial charge is 0.409 e. The second kappa shape index (κ2) is 16.9. The van der Waals surface area contributed by atoms with Gasteiger partial charge >= 0.3 is 0 Å². The molecular weight excluding hydrogens is 663 g/mol. The van der Waals surface area contributed by atoms with E-state index in [0.29, 0.717) is 35.7 Å². The van der Waals surface area contributed by atoms with Crippen molar-refractivity contribution in [1.82, 2.24) is 19.4 Å². The molecule has 0 bridgehead atoms. The molecule has 1 fully saturated rings. The first-order valence-corrected chi connectivity index (χ1v) is 17.5. The second-order valence-electron chi connectivity index (χ2n) is 11.4. The maximum atomic E-state index is 13.8. The summed E-state index contributed by atoms with van der Waals surface area (Å²) in [6, 6.07) is 19.1. The van der Waals surface area contributed by atoms with Crippen LogP contribution in [0.5, 0.6) is 0 Å². The fraction of sp³-hybridized carbons (Fsp3) is 0.364. The number of carbonyl (C=O) groups is 2. The number of nitrogens with two attached hydrogens (primary N) is 1. The van der Waals surface area contributed by atoms with E-state index in [1.165, 1.54) is 12.1 Å². The van der Waals surface area contributed by atoms with Gasteiger partial charge in [-0.3, -0.25) is 9.59 Å². The van der Waals surface area contributed by atoms with Gasteiger partial charge in [0, 0.05) is 36.8 Å². The van der Waals surface area contributed by atoms with Crippen LogP contribution in [0.1, 0.15) is 35.1 Å². The molecule has 0 saturated carbocycles. The van der Waals surface area contributed by atoms with E-state index in [1.54, 1.807) is 36.1 Å². The molecular formula is C33H40Cl2N6O5S. The molecule has 3 aromatic rings. The van der Waals surface area contributed by atoms with Crippen molar-refractivity contribution >= 4 is 50.9 Å². The highest BCUT2D eigenvalue weighted by molar-refractivity contribution is 7.89. The molecule has 11 nitrogen and oxygen atoms in total. The lowest BCUT2D eigenvalue weighted by Crippen LogP contribution is -2.46. The van der Waals surface area contributed by atoms with E-state index in [9.17, 15) is 18.0 Å². The van der Waals surface area contributed by atoms with Crippen molar-refractivity contribution in [1.29, 1.82) is 0 Å². The summed E-state index contributed by atoms with van der Waals surface area (Å²) in [6.07, 6.45) is 2.59. The van der Waals surface area contributed by atoms with Gasteiger partial charge in [-0.15, -0.1) is 0 Å². The Kier molecular flexibility index (Phi) is 13.0. The molecule has 0 spiro atoms. The molecule has 1 aliphatic rings. The number of amides is 2. The van der Waals surface area contributed by atoms with Crippen LogP contribution in [0, 0.1) is 6.92 Å². The number of likely N-dealkylation sites (tertiary alicyclic amines) is 1. The van der Waals surface area contributed by atoms with Crippen molar-refractivity contribution in [2.75, 3.05) is 45.8 Å². The molecule has 4 rings (SSSR count). The van der Waals surface area contributed by atoms with Crippen LogP contribution in [0.15, 0.2) is 76.8 Å². The zero-order chi connectivity index (χ0) is 34.0. The van der Waals surface area contributed by atoms with E-state index in [1.807, 2.05) is 30.3 Å². The minimum Gasteiger partial charge on any atom is -0.409 e. The minimum atomic E-state index is -4.21. The number of oxime groups is 1. The summed E-state index contributed by atoms with van der Waals surface area (Å²) in [5.74, 6) is -0.956. The molecule has 2 amide bonds. The monoisotopic (exact) mass is 702 g/mol. The van der Waals surface area contributed by atoms with Crippen LogP contribution >= 0.6 is 23.2 Å². The molecule has 4 N–H and O–H groups in total. The number of nitrogens with zero attached hydrogens (tertiary/aromatic N) is 4. The fourth-order valence-corrected chi connectivity index (χ4v) is 7.46. The van der Waals surface area contributed by atoms with Gasteiger partial charge in [0.15, 0.2) is 5.84 Å². The number of amidine groups is 1. The molecule has 252 valence electrons. The molecule has 3 aromatic carbocycles. The summed E-state index contributed by atoms with van der Waals surface area (Å²) in [5.41, 5.74) is 8.36. The molecule has 14 heteroatoms. The van der Waals surface area contributed by atoms with Crippen molar-refractivity contribution in [3.63, 3.8) is 0 Å². The minimum absolute atomic E-state index is 0.00851. The van der Waals surface area contributed by atoms with Crippen LogP contribution in [0.25, 0.3) is 0 Å². The Morgan fingerprint density at radius 3 is 2.32 bits per heavy atom. The molecule has 0 aliphatic carbocycles. The van der Waals surface area contributed by atoms with Crippen LogP contribution in [0.2, 0.25) is 10.0 Å². The first-order valence-electron chi connectivity index (χ1n) is 15.3. The van der Waals surface area contributed by atoms with Crippen LogP contribution < -0.4 is 11.1 Å². The van der Waals surface area contributed by atoms with Gasteiger partial charge in [0.1, 0.15) is 4.90 Å². The Hall–Kier alpha value is -3.68. The molecule has 0 radical (unpaired) electrons. The molecule has 1 saturated heterocycles. The van der Waals surface area contributed by atoms with Crippen LogP contribution in [0.3, 0.4) is 0 Å². The van der Waals surface area contributed by atoms with E-state index in [0.717, 1.165) is 41.4 Å². The quantitative estimate of drug-likeness (QED) is 0.0943. The highest BCUT2D eigenvalue weighted by Crippen LogP contribution is 2.32. The number of rotatable bonds is 15. The van der Waals surface area contributed by atoms with E-state index in [-0.39, 0.29) is 41.3 Å². The van der Waals surface area contributed by atoms with Crippen molar-refractivity contribution < 1.29 is 23.2 Å². The number of hydrogen-bond donors (Lipinski definition) is 3. The summed E-state index contributed by atoms with van der Waals surface area (Å²) < 4.78 is 28.7. The summed E-state index contributed by atoms with van der Waals surface area (Å²) in [7, 11) is -4.21. The lowest BCUT2D eigenvalue weighted by atomic mass is 10.1. The summed E-state index contributed by atoms with van der Waals surface area (Å²) in [4.78, 5) is 30.5. The molecule has 0 unspecified atom stereocenters. The first kappa shape index (κ1) is 36.2. The standard InChI is InChI=1S/C33H40Cl2N6O5S/c1-24-28(34)13-14-29(32(24)35)47(45,46)41(18-15-25-7-3-2-4-8-25)23-30(42)37-21-31(43)40(20-19-39-16-5-6-17-39)22-26-9-11-27(12-10-26)33(36)38-44/h2-4,7-14,44H,5-6,15-23H2,1H3,(H2,36,38)(H,37,42). The first-order chi connectivity index (χ1) is 22.5. The van der Waals surface area contributed by atoms with Gasteiger partial charge in [0.05, 0.1) is 18.1 Å². The third-order valence-electron chi connectivity index (χ3n) is 8.12. The van der Waals surface area contributed by atoms with Crippen LogP contribution in [0.4, 0.5) is 0 Å². The van der Waals surface area contributed by atoms with Crippen molar-refractivity contribution in [2.45, 2.75) is 37.6 Å². The number of nitrogens with one attached hydrogen (secondary N) is 1. The highest BCUT2D eigenvalue weighted by Gasteiger charge is 2.30. The Morgan fingerprint density at radius 1 is 0.979 bits per heavy atom. The van der Waals surface area contributed by atoms with E-state index in [4.69, 9.17) is 34.1 Å². The maximum Gasteiger partial charge on any atom is 0.245 e. The molecule has 0 aromatic heterocycles. The van der Waals surface area contributed by atoms with Gasteiger partial charge in [-0.1, -0.05) is 83.0 Å². The van der Waals surface area contributed by atoms with Gasteiger partial charge < -0.3 is 26.1 Å². The smallest absolute Gasteiger partial charge is 0.245 e. The lowest BCUT2D eigenvalue weighted by molar-refractivity contribution is -0.133. The van der Waals surface area contributed by atoms with E-state index in [2.05, 4.69) is 15.4 Å². The summed E-state index contributed by atoms with van der Waals surface area (Å²) >= 11 is 12.6. The average molecular weight is 704 g/mol. The van der Waals surface area contributed by atoms with Crippen molar-refractivity contribution in [2.24, 2.45) is 10.9 Å². The Labute approximate surface area is 286 Å². The second-order valence-corrected chi connectivity index (χ2v) is 14.1. The number of sulfonamides is 1. The van der Waals surface area contributed by atoms with Crippen LogP contribution in [-0.2, 0) is 32.6 Å². The van der Waals surface area contributed by atoms with Gasteiger partial charge in [-0.25, -0.2) is 8.42 Å². The average Bonchev–Trinajstić information content (AvgIpc) is 3.60. The van der Waals surface area contributed by atoms with Crippen molar-refractivity contribution in [3.05, 3.63) is 99.0 Å². The van der Waals surface area contributed by atoms with Gasteiger partial charge in [-0.05, 0) is 68.1 Å². The molecule has 1 aliphatic heterocycles. The third-order valence-corrected chi connectivity index (χ3v) is 11.0. The Bertz CT molecular complexity index is 1670. The maximum absolute atomic E-state index is 13.8. The number of carbonyl (C=O) groups excluding carboxylic acids is 2. The Morgan fingerprint density at radius 2 is 1.66 bits per heavy atom. The predicted octanol–water partition coefficient (Wildman–Crippen LogP) is 3.87. The van der Waals surface area contributed by atoms with Gasteiger partial charge in [0.2, 0.25) is 21.8 Å². The summed E-state index contributed by atoms with van der Waals surface area (Å²) in [6.45, 7) is 4.17. The summed E-state index contributed by atoms with van der Waals surface area (Å²) in [5, 5.41) is 14.9. The molecule has 0 atom stereocenters. The van der Waals surface area contributed by atoms with E-state index < -0.39 is 22.5 Å². The third kappa shape index (κ3) is 9.91. The zero-order valence-electron chi connectivity index (χ0n) is 26.2. The van der Waals surface area contributed by atoms with Gasteiger partial charge in [0.25, 0.3) is 0 Å². The highest BCUT2D eigenvalue weighted by atomic mass is 35.5. The predicted molar refractivity (Wildman–Crippen MR) is 183 cm³/mol. The van der Waals surface area contributed by atoms with E-state index >= 15 is 0 Å². The van der Waals surface area contributed by atoms with Crippen molar-refractivity contribution in [3.8, 4) is 0 Å². The van der Waals surface area contributed by atoms with Gasteiger partial charge in [-0.2, -0.15) is 4.31 Å². The zero-order valence-corrected chi connectivity index (χ0v) is 28.6. The number of halogens is 2. The SMILES string of the molecule is Cc1c(Cl)ccc(S(=O)(=O)N(CCc2ccccc2)CC(=O)NCC(=O)N(CCN2CCCC2)Cc2ccc(/C(N)=N\O)cc2)c1Cl. The lowest BCUT2D eigenvalue weighted by Gasteiger charge is -2.26. The Balaban J connectivity index is 1.47. The fourth-order valence-electron chi connectivity index (χ4n) is 5.28. The normalized spacial score (nSPS) is 14.0. The topological polar surface area (TPSA) is 149 Å². The molecule has 47 heavy (non-hydrogen) atoms. The molecule has 1 heterocycles.